The zero-order valence-electron chi connectivity index (χ0n) is 16.8. The monoisotopic (exact) mass is 436 g/mol. The molecule has 0 aliphatic rings. The van der Waals surface area contributed by atoms with E-state index >= 15 is 0 Å². The van der Waals surface area contributed by atoms with E-state index in [9.17, 15) is 17.8 Å². The minimum atomic E-state index is -3.91. The third-order valence-corrected chi connectivity index (χ3v) is 7.52. The molecule has 1 atom stereocenters. The zero-order valence-corrected chi connectivity index (χ0v) is 18.5. The standard InChI is InChI=1S/C18H29O8PS/c1-5-23-18(19)17(27(20,24-6-2)25-7-3)9-8-14-26-28(21,22)16-12-10-15(4)11-13-16/h10-13,17H,5-9,14H2,1-4H3. The van der Waals surface area contributed by atoms with Crippen molar-refractivity contribution in [3.63, 3.8) is 0 Å². The minimum absolute atomic E-state index is 0.0412. The van der Waals surface area contributed by atoms with Gasteiger partial charge in [-0.15, -0.1) is 0 Å². The predicted octanol–water partition coefficient (Wildman–Crippen LogP) is 3.68. The van der Waals surface area contributed by atoms with E-state index in [1.165, 1.54) is 12.1 Å². The van der Waals surface area contributed by atoms with Crippen LogP contribution in [-0.4, -0.2) is 46.5 Å². The first-order valence-electron chi connectivity index (χ1n) is 9.21. The molecule has 1 unspecified atom stereocenters. The maximum atomic E-state index is 13.0. The van der Waals surface area contributed by atoms with Crippen molar-refractivity contribution in [1.29, 1.82) is 0 Å². The van der Waals surface area contributed by atoms with Crippen LogP contribution in [0, 0.1) is 6.92 Å². The lowest BCUT2D eigenvalue weighted by molar-refractivity contribution is -0.143. The number of hydrogen-bond donors (Lipinski definition) is 0. The summed E-state index contributed by atoms with van der Waals surface area (Å²) in [4.78, 5) is 12.3. The molecule has 1 rings (SSSR count). The summed E-state index contributed by atoms with van der Waals surface area (Å²) in [7, 11) is -7.65. The average molecular weight is 436 g/mol. The van der Waals surface area contributed by atoms with Gasteiger partial charge in [0.25, 0.3) is 10.1 Å². The highest BCUT2D eigenvalue weighted by Gasteiger charge is 2.41. The van der Waals surface area contributed by atoms with Gasteiger partial charge in [0, 0.05) is 0 Å². The molecule has 0 aromatic heterocycles. The van der Waals surface area contributed by atoms with Crippen LogP contribution in [0.15, 0.2) is 29.2 Å². The molecule has 0 bridgehead atoms. The third kappa shape index (κ3) is 7.29. The summed E-state index contributed by atoms with van der Waals surface area (Å²) in [6.45, 7) is 6.92. The number of carbonyl (C=O) groups excluding carboxylic acids is 1. The highest BCUT2D eigenvalue weighted by molar-refractivity contribution is 7.86. The van der Waals surface area contributed by atoms with Crippen LogP contribution in [0.2, 0.25) is 0 Å². The first-order valence-corrected chi connectivity index (χ1v) is 12.2. The molecule has 0 fully saturated rings. The summed E-state index contributed by atoms with van der Waals surface area (Å²) in [5.41, 5.74) is -0.211. The van der Waals surface area contributed by atoms with Crippen LogP contribution >= 0.6 is 7.60 Å². The van der Waals surface area contributed by atoms with Crippen molar-refractivity contribution in [2.45, 2.75) is 51.1 Å². The van der Waals surface area contributed by atoms with Gasteiger partial charge in [-0.1, -0.05) is 17.7 Å². The molecule has 8 nitrogen and oxygen atoms in total. The molecule has 0 heterocycles. The van der Waals surface area contributed by atoms with Crippen molar-refractivity contribution in [2.24, 2.45) is 0 Å². The quantitative estimate of drug-likeness (QED) is 0.200. The van der Waals surface area contributed by atoms with Gasteiger partial charge in [0.15, 0.2) is 5.66 Å². The van der Waals surface area contributed by atoms with E-state index < -0.39 is 29.3 Å². The van der Waals surface area contributed by atoms with Crippen molar-refractivity contribution in [3.05, 3.63) is 29.8 Å². The molecule has 28 heavy (non-hydrogen) atoms. The van der Waals surface area contributed by atoms with Crippen molar-refractivity contribution in [3.8, 4) is 0 Å². The lowest BCUT2D eigenvalue weighted by atomic mass is 10.2. The van der Waals surface area contributed by atoms with Crippen LogP contribution in [0.5, 0.6) is 0 Å². The van der Waals surface area contributed by atoms with Crippen LogP contribution in [0.4, 0.5) is 0 Å². The molecule has 0 saturated heterocycles. The van der Waals surface area contributed by atoms with Gasteiger partial charge < -0.3 is 13.8 Å². The van der Waals surface area contributed by atoms with Gasteiger partial charge in [-0.3, -0.25) is 13.5 Å². The van der Waals surface area contributed by atoms with E-state index in [0.717, 1.165) is 5.56 Å². The van der Waals surface area contributed by atoms with E-state index in [1.807, 2.05) is 6.92 Å². The normalized spacial score (nSPS) is 13.3. The average Bonchev–Trinajstić information content (AvgIpc) is 2.62. The lowest BCUT2D eigenvalue weighted by Gasteiger charge is -2.24. The van der Waals surface area contributed by atoms with Crippen LogP contribution < -0.4 is 0 Å². The van der Waals surface area contributed by atoms with Crippen molar-refractivity contribution >= 4 is 23.7 Å². The Hall–Kier alpha value is -1.25. The largest absolute Gasteiger partial charge is 0.465 e. The molecule has 0 spiro atoms. The second-order valence-electron chi connectivity index (χ2n) is 5.87. The fourth-order valence-corrected chi connectivity index (χ4v) is 5.37. The molecule has 1 aromatic rings. The van der Waals surface area contributed by atoms with Gasteiger partial charge in [0.1, 0.15) is 0 Å². The molecule has 0 amide bonds. The Morgan fingerprint density at radius 2 is 1.61 bits per heavy atom. The Balaban J connectivity index is 2.78. The summed E-state index contributed by atoms with van der Waals surface area (Å²) >= 11 is 0. The van der Waals surface area contributed by atoms with Crippen molar-refractivity contribution in [2.75, 3.05) is 26.4 Å². The first-order chi connectivity index (χ1) is 13.2. The topological polar surface area (TPSA) is 105 Å². The second kappa shape index (κ2) is 11.7. The number of esters is 1. The molecule has 160 valence electrons. The number of benzene rings is 1. The fourth-order valence-electron chi connectivity index (χ4n) is 2.44. The van der Waals surface area contributed by atoms with Crippen molar-refractivity contribution < 1.29 is 35.7 Å². The molecule has 1 aromatic carbocycles. The molecular formula is C18H29O8PS. The second-order valence-corrected chi connectivity index (χ2v) is 9.71. The lowest BCUT2D eigenvalue weighted by Crippen LogP contribution is -2.26. The smallest absolute Gasteiger partial charge is 0.344 e. The molecule has 0 saturated carbocycles. The van der Waals surface area contributed by atoms with Gasteiger partial charge in [0.05, 0.1) is 31.3 Å². The minimum Gasteiger partial charge on any atom is -0.465 e. The van der Waals surface area contributed by atoms with Gasteiger partial charge in [-0.25, -0.2) is 0 Å². The SMILES string of the molecule is CCOC(=O)C(CCCOS(=O)(=O)c1ccc(C)cc1)P(=O)(OCC)OCC. The summed E-state index contributed by atoms with van der Waals surface area (Å²) in [5.74, 6) is -0.700. The highest BCUT2D eigenvalue weighted by atomic mass is 32.2. The highest BCUT2D eigenvalue weighted by Crippen LogP contribution is 2.55. The molecular weight excluding hydrogens is 407 g/mol. The Morgan fingerprint density at radius 3 is 2.11 bits per heavy atom. The number of hydrogen-bond acceptors (Lipinski definition) is 8. The van der Waals surface area contributed by atoms with E-state index in [-0.39, 0.29) is 44.2 Å². The van der Waals surface area contributed by atoms with Gasteiger partial charge >= 0.3 is 13.6 Å². The molecule has 0 aliphatic carbocycles. The zero-order chi connectivity index (χ0) is 21.2. The van der Waals surface area contributed by atoms with E-state index in [4.69, 9.17) is 18.0 Å². The first kappa shape index (κ1) is 24.8. The fraction of sp³-hybridized carbons (Fsp3) is 0.611. The predicted molar refractivity (Wildman–Crippen MR) is 105 cm³/mol. The van der Waals surface area contributed by atoms with Crippen molar-refractivity contribution in [1.82, 2.24) is 0 Å². The maximum absolute atomic E-state index is 13.0. The molecule has 0 N–H and O–H groups in total. The Morgan fingerprint density at radius 1 is 1.04 bits per heavy atom. The third-order valence-electron chi connectivity index (χ3n) is 3.73. The number of ether oxygens (including phenoxy) is 1. The number of carbonyl (C=O) groups is 1. The summed E-state index contributed by atoms with van der Waals surface area (Å²) < 4.78 is 57.9. The number of rotatable bonds is 13. The summed E-state index contributed by atoms with van der Waals surface area (Å²) in [6.07, 6.45) is 0.193. The van der Waals surface area contributed by atoms with Gasteiger partial charge in [0.2, 0.25) is 0 Å². The van der Waals surface area contributed by atoms with Crippen LogP contribution in [0.1, 0.15) is 39.2 Å². The number of aryl methyl sites for hydroxylation is 1. The van der Waals surface area contributed by atoms with E-state index in [0.29, 0.717) is 0 Å². The van der Waals surface area contributed by atoms with Gasteiger partial charge in [-0.05, 0) is 52.7 Å². The van der Waals surface area contributed by atoms with E-state index in [1.54, 1.807) is 32.9 Å². The summed E-state index contributed by atoms with van der Waals surface area (Å²) in [6, 6.07) is 6.27. The molecule has 10 heteroatoms. The Bertz CT molecular complexity index is 750. The Kier molecular flexibility index (Phi) is 10.3. The Labute approximate surface area is 167 Å². The van der Waals surface area contributed by atoms with Crippen LogP contribution in [0.3, 0.4) is 0 Å². The van der Waals surface area contributed by atoms with Crippen LogP contribution in [-0.2, 0) is 37.4 Å². The van der Waals surface area contributed by atoms with Gasteiger partial charge in [-0.2, -0.15) is 8.42 Å². The van der Waals surface area contributed by atoms with Crippen LogP contribution in [0.25, 0.3) is 0 Å². The maximum Gasteiger partial charge on any atom is 0.344 e. The molecule has 0 radical (unpaired) electrons. The van der Waals surface area contributed by atoms with E-state index in [2.05, 4.69) is 0 Å². The summed E-state index contributed by atoms with van der Waals surface area (Å²) in [5, 5.41) is 0. The molecule has 0 aliphatic heterocycles.